The maximum absolute atomic E-state index is 10.7. The van der Waals surface area contributed by atoms with Gasteiger partial charge >= 0.3 is 86.4 Å². The van der Waals surface area contributed by atoms with Crippen LogP contribution in [0.5, 0.6) is 0 Å². The minimum Gasteiger partial charge on any atom is -0.254 e. The quantitative estimate of drug-likeness (QED) is 0.0670. The summed E-state index contributed by atoms with van der Waals surface area (Å²) in [6.07, 6.45) is 7.21. The summed E-state index contributed by atoms with van der Waals surface area (Å²) < 4.78 is 118. The first-order chi connectivity index (χ1) is 18.8. The van der Waals surface area contributed by atoms with E-state index in [4.69, 9.17) is 0 Å². The van der Waals surface area contributed by atoms with Gasteiger partial charge in [0.2, 0.25) is 0 Å². The second-order valence-electron chi connectivity index (χ2n) is 8.35. The molecule has 19 heteroatoms. The van der Waals surface area contributed by atoms with Crippen LogP contribution < -0.4 is 0 Å². The van der Waals surface area contributed by atoms with Crippen molar-refractivity contribution in [2.24, 2.45) is 0 Å². The van der Waals surface area contributed by atoms with Gasteiger partial charge in [-0.2, -0.15) is 0 Å². The predicted molar refractivity (Wildman–Crippen MR) is 141 cm³/mol. The summed E-state index contributed by atoms with van der Waals surface area (Å²) in [6, 6.07) is 24.3. The smallest absolute Gasteiger partial charge is 0.254 e. The summed E-state index contributed by atoms with van der Waals surface area (Å²) in [5, 5.41) is 4.55. The van der Waals surface area contributed by atoms with Crippen LogP contribution in [0.2, 0.25) is 0 Å². The van der Waals surface area contributed by atoms with Crippen LogP contribution in [0.4, 0.5) is 50.4 Å². The van der Waals surface area contributed by atoms with Crippen molar-refractivity contribution in [3.05, 3.63) is 97.6 Å². The van der Waals surface area contributed by atoms with Gasteiger partial charge in [0.25, 0.3) is 0 Å². The number of hydrogen-bond donors (Lipinski definition) is 0. The number of rotatable bonds is 0. The van der Waals surface area contributed by atoms with Gasteiger partial charge in [-0.25, -0.2) is 0 Å². The van der Waals surface area contributed by atoms with Crippen molar-refractivity contribution < 1.29 is 70.8 Å². The van der Waals surface area contributed by atoms with Gasteiger partial charge in [0.1, 0.15) is 0 Å². The molecule has 0 amide bonds. The van der Waals surface area contributed by atoms with Gasteiger partial charge < -0.3 is 0 Å². The number of benzene rings is 2. The first kappa shape index (κ1) is 36.0. The van der Waals surface area contributed by atoms with E-state index in [1.54, 1.807) is 24.8 Å². The van der Waals surface area contributed by atoms with Gasteiger partial charge in [0, 0.05) is 46.3 Å². The van der Waals surface area contributed by atoms with Crippen molar-refractivity contribution >= 4 is 59.2 Å². The van der Waals surface area contributed by atoms with Gasteiger partial charge in [-0.1, -0.05) is 48.5 Å². The number of fused-ring (bicyclic) bond motifs is 6. The van der Waals surface area contributed by atoms with Crippen molar-refractivity contribution in [3.63, 3.8) is 0 Å². The summed E-state index contributed by atoms with van der Waals surface area (Å²) in [5.41, 5.74) is 3.91. The van der Waals surface area contributed by atoms with Gasteiger partial charge in [0.05, 0.1) is 22.1 Å². The second-order valence-corrected chi connectivity index (χ2v) is 12.2. The van der Waals surface area contributed by atoms with E-state index in [9.17, 15) is 50.4 Å². The van der Waals surface area contributed by atoms with Crippen molar-refractivity contribution in [2.45, 2.75) is 0 Å². The Labute approximate surface area is 247 Å². The van der Waals surface area contributed by atoms with Crippen molar-refractivity contribution in [3.8, 4) is 0 Å². The maximum Gasteiger partial charge on any atom is 2.00 e. The number of halogens is 12. The Morgan fingerprint density at radius 1 is 0.326 bits per heavy atom. The largest absolute Gasteiger partial charge is 2.00 e. The van der Waals surface area contributed by atoms with E-state index >= 15 is 0 Å². The molecule has 4 aromatic heterocycles. The fourth-order valence-corrected chi connectivity index (χ4v) is 3.36. The Hall–Kier alpha value is -3.24. The molecule has 0 aliphatic rings. The Morgan fingerprint density at radius 3 is 0.651 bits per heavy atom. The molecule has 0 spiro atoms. The third-order valence-corrected chi connectivity index (χ3v) is 4.69. The third-order valence-electron chi connectivity index (χ3n) is 4.69. The minimum atomic E-state index is -10.7. The topological polar surface area (TPSA) is 51.6 Å². The SMILES string of the molecule is F[P-](F)(F)(F)(F)F.F[P-](F)(F)(F)(F)F.[Pd+2].c1cnc2c(c1)ccc1cccnc12.c1cnc2c(c1)ccc1cccnc12. The molecule has 0 aliphatic heterocycles. The Balaban J connectivity index is 0.000000211. The molecule has 0 atom stereocenters. The van der Waals surface area contributed by atoms with Crippen LogP contribution >= 0.6 is 15.6 Å². The molecule has 236 valence electrons. The fourth-order valence-electron chi connectivity index (χ4n) is 3.36. The summed E-state index contributed by atoms with van der Waals surface area (Å²) in [4.78, 5) is 17.4. The molecular weight excluding hydrogens is 741 g/mol. The zero-order valence-corrected chi connectivity index (χ0v) is 24.1. The van der Waals surface area contributed by atoms with Crippen molar-refractivity contribution in [1.82, 2.24) is 19.9 Å². The summed E-state index contributed by atoms with van der Waals surface area (Å²) in [5.74, 6) is 0. The average Bonchev–Trinajstić information content (AvgIpc) is 2.85. The van der Waals surface area contributed by atoms with Crippen LogP contribution in [0.3, 0.4) is 0 Å². The normalized spacial score (nSPS) is 14.6. The van der Waals surface area contributed by atoms with E-state index in [-0.39, 0.29) is 20.4 Å². The van der Waals surface area contributed by atoms with Crippen molar-refractivity contribution in [1.29, 1.82) is 0 Å². The molecule has 0 radical (unpaired) electrons. The third kappa shape index (κ3) is 15.2. The molecule has 0 bridgehead atoms. The maximum atomic E-state index is 9.87. The minimum absolute atomic E-state index is 0. The predicted octanol–water partition coefficient (Wildman–Crippen LogP) is 12.3. The molecule has 4 nitrogen and oxygen atoms in total. The molecule has 0 aliphatic carbocycles. The summed E-state index contributed by atoms with van der Waals surface area (Å²) in [7, 11) is -21.3. The number of nitrogens with zero attached hydrogens (tertiary/aromatic N) is 4. The van der Waals surface area contributed by atoms with E-state index in [0.717, 1.165) is 43.6 Å². The standard InChI is InChI=1S/2C12H8N2.2F6P.Pd/c2*1-3-9-5-6-10-4-2-8-14-12(10)11(9)13-7-1;2*1-7(2,3,4,5)6;/h2*1-8H;;;/q;;2*-1;+2. The van der Waals surface area contributed by atoms with Crippen LogP contribution in [-0.2, 0) is 20.4 Å². The van der Waals surface area contributed by atoms with Crippen LogP contribution in [0.15, 0.2) is 97.6 Å². The number of hydrogen-bond acceptors (Lipinski definition) is 4. The Kier molecular flexibility index (Phi) is 9.23. The first-order valence-corrected chi connectivity index (χ1v) is 15.2. The Bertz CT molecular complexity index is 1620. The van der Waals surface area contributed by atoms with Crippen LogP contribution in [0.25, 0.3) is 43.6 Å². The van der Waals surface area contributed by atoms with E-state index in [2.05, 4.69) is 68.5 Å². The molecule has 43 heavy (non-hydrogen) atoms. The van der Waals surface area contributed by atoms with E-state index in [1.165, 1.54) is 0 Å². The average molecular weight is 757 g/mol. The molecule has 0 saturated carbocycles. The van der Waals surface area contributed by atoms with Crippen molar-refractivity contribution in [2.75, 3.05) is 0 Å². The van der Waals surface area contributed by atoms with Crippen LogP contribution in [0, 0.1) is 0 Å². The number of aromatic nitrogens is 4. The summed E-state index contributed by atoms with van der Waals surface area (Å²) >= 11 is 0. The monoisotopic (exact) mass is 756 g/mol. The molecule has 0 unspecified atom stereocenters. The van der Waals surface area contributed by atoms with Gasteiger partial charge in [0.15, 0.2) is 0 Å². The molecule has 0 N–H and O–H groups in total. The van der Waals surface area contributed by atoms with Crippen LogP contribution in [-0.4, -0.2) is 19.9 Å². The molecule has 6 aromatic rings. The molecular formula is C24H16F12N4P2Pd. The van der Waals surface area contributed by atoms with E-state index in [0.29, 0.717) is 0 Å². The zero-order chi connectivity index (χ0) is 31.6. The molecule has 6 rings (SSSR count). The van der Waals surface area contributed by atoms with Crippen LogP contribution in [0.1, 0.15) is 0 Å². The molecule has 0 fully saturated rings. The van der Waals surface area contributed by atoms with Gasteiger partial charge in [-0.3, -0.25) is 19.9 Å². The fraction of sp³-hybridized carbons (Fsp3) is 0. The van der Waals surface area contributed by atoms with Gasteiger partial charge in [-0.05, 0) is 24.3 Å². The molecule has 2 aromatic carbocycles. The van der Waals surface area contributed by atoms with E-state index < -0.39 is 15.6 Å². The molecule has 4 heterocycles. The number of pyridine rings is 4. The van der Waals surface area contributed by atoms with Gasteiger partial charge in [-0.15, -0.1) is 0 Å². The Morgan fingerprint density at radius 2 is 0.488 bits per heavy atom. The zero-order valence-electron chi connectivity index (χ0n) is 20.8. The first-order valence-electron chi connectivity index (χ1n) is 11.1. The second kappa shape index (κ2) is 11.0. The summed E-state index contributed by atoms with van der Waals surface area (Å²) in [6.45, 7) is 0. The van der Waals surface area contributed by atoms with E-state index in [1.807, 2.05) is 24.3 Å². The molecule has 0 saturated heterocycles.